The highest BCUT2D eigenvalue weighted by Gasteiger charge is 2.19. The second-order valence-electron chi connectivity index (χ2n) is 4.84. The summed E-state index contributed by atoms with van der Waals surface area (Å²) in [5, 5.41) is 4.44. The lowest BCUT2D eigenvalue weighted by molar-refractivity contribution is 0.509. The van der Waals surface area contributed by atoms with E-state index in [1.807, 2.05) is 30.0 Å². The summed E-state index contributed by atoms with van der Waals surface area (Å²) in [7, 11) is 0. The van der Waals surface area contributed by atoms with E-state index in [0.717, 1.165) is 16.0 Å². The largest absolute Gasteiger partial charge is 0.306 e. The molecular weight excluding hydrogens is 354 g/mol. The number of thioether (sulfide) groups is 1. The van der Waals surface area contributed by atoms with E-state index < -0.39 is 0 Å². The molecule has 0 aliphatic carbocycles. The zero-order valence-corrected chi connectivity index (χ0v) is 14.1. The maximum Gasteiger partial charge on any atom is 0.0410 e. The number of rotatable bonds is 3. The van der Waals surface area contributed by atoms with Crippen LogP contribution < -0.4 is 5.32 Å². The maximum absolute atomic E-state index is 6.07. The molecule has 0 saturated heterocycles. The fourth-order valence-corrected chi connectivity index (χ4v) is 4.17. The van der Waals surface area contributed by atoms with Crippen LogP contribution in [0.25, 0.3) is 0 Å². The molecule has 0 aromatic heterocycles. The Labute approximate surface area is 137 Å². The van der Waals surface area contributed by atoms with Crippen molar-refractivity contribution in [1.82, 2.24) is 5.32 Å². The van der Waals surface area contributed by atoms with Crippen molar-refractivity contribution in [2.24, 2.45) is 0 Å². The Morgan fingerprint density at radius 1 is 1.25 bits per heavy atom. The van der Waals surface area contributed by atoms with Gasteiger partial charge in [-0.2, -0.15) is 0 Å². The van der Waals surface area contributed by atoms with Gasteiger partial charge >= 0.3 is 0 Å². The highest BCUT2D eigenvalue weighted by Crippen LogP contribution is 2.36. The number of fused-ring (bicyclic) bond motifs is 1. The van der Waals surface area contributed by atoms with Gasteiger partial charge in [0.1, 0.15) is 0 Å². The van der Waals surface area contributed by atoms with E-state index in [-0.39, 0.29) is 0 Å². The molecule has 1 heterocycles. The van der Waals surface area contributed by atoms with Gasteiger partial charge in [-0.25, -0.2) is 0 Å². The minimum atomic E-state index is 0.429. The van der Waals surface area contributed by atoms with E-state index in [4.69, 9.17) is 11.6 Å². The van der Waals surface area contributed by atoms with Gasteiger partial charge in [0.15, 0.2) is 0 Å². The van der Waals surface area contributed by atoms with Crippen LogP contribution in [0.2, 0.25) is 5.02 Å². The topological polar surface area (TPSA) is 12.0 Å². The van der Waals surface area contributed by atoms with Crippen LogP contribution in [-0.2, 0) is 6.54 Å². The lowest BCUT2D eigenvalue weighted by Crippen LogP contribution is -2.24. The Balaban J connectivity index is 1.75. The summed E-state index contributed by atoms with van der Waals surface area (Å²) in [6.07, 6.45) is 1.17. The first-order valence-electron chi connectivity index (χ1n) is 6.63. The molecule has 1 unspecified atom stereocenters. The maximum atomic E-state index is 6.07. The fourth-order valence-electron chi connectivity index (χ4n) is 2.47. The summed E-state index contributed by atoms with van der Waals surface area (Å²) in [5.41, 5.74) is 2.62. The molecule has 20 heavy (non-hydrogen) atoms. The predicted molar refractivity (Wildman–Crippen MR) is 90.5 cm³/mol. The summed E-state index contributed by atoms with van der Waals surface area (Å²) in [4.78, 5) is 1.40. The van der Waals surface area contributed by atoms with Gasteiger partial charge in [0.05, 0.1) is 0 Å². The highest BCUT2D eigenvalue weighted by atomic mass is 79.9. The number of halogens is 2. The predicted octanol–water partition coefficient (Wildman–Crippen LogP) is 5.43. The Hall–Kier alpha value is -0.480. The third-order valence-electron chi connectivity index (χ3n) is 3.51. The normalized spacial score (nSPS) is 17.8. The van der Waals surface area contributed by atoms with Gasteiger partial charge < -0.3 is 5.32 Å². The summed E-state index contributed by atoms with van der Waals surface area (Å²) < 4.78 is 1.10. The monoisotopic (exact) mass is 367 g/mol. The molecule has 0 radical (unpaired) electrons. The first-order chi connectivity index (χ1) is 9.74. The van der Waals surface area contributed by atoms with E-state index in [1.54, 1.807) is 0 Å². The van der Waals surface area contributed by atoms with Crippen molar-refractivity contribution in [3.63, 3.8) is 0 Å². The van der Waals surface area contributed by atoms with Crippen molar-refractivity contribution in [3.8, 4) is 0 Å². The van der Waals surface area contributed by atoms with Gasteiger partial charge in [-0.05, 0) is 47.6 Å². The van der Waals surface area contributed by atoms with Gasteiger partial charge in [0.2, 0.25) is 0 Å². The number of benzene rings is 2. The van der Waals surface area contributed by atoms with Crippen LogP contribution in [-0.4, -0.2) is 5.75 Å². The molecule has 1 atom stereocenters. The van der Waals surface area contributed by atoms with Gasteiger partial charge in [-0.3, -0.25) is 0 Å². The molecule has 1 N–H and O–H groups in total. The summed E-state index contributed by atoms with van der Waals surface area (Å²) in [5.74, 6) is 1.17. The lowest BCUT2D eigenvalue weighted by atomic mass is 10.0. The van der Waals surface area contributed by atoms with Crippen molar-refractivity contribution in [1.29, 1.82) is 0 Å². The first-order valence-corrected chi connectivity index (χ1v) is 8.79. The minimum absolute atomic E-state index is 0.429. The number of nitrogens with one attached hydrogen (secondary N) is 1. The molecular formula is C16H15BrClNS. The van der Waals surface area contributed by atoms with Crippen LogP contribution in [0.3, 0.4) is 0 Å². The van der Waals surface area contributed by atoms with E-state index in [9.17, 15) is 0 Å². The van der Waals surface area contributed by atoms with E-state index >= 15 is 0 Å². The van der Waals surface area contributed by atoms with Gasteiger partial charge in [0.25, 0.3) is 0 Å². The van der Waals surface area contributed by atoms with Crippen LogP contribution in [0.1, 0.15) is 23.6 Å². The minimum Gasteiger partial charge on any atom is -0.306 e. The SMILES string of the molecule is Clc1ccc(Br)c(CNC2CCSc3ccccc32)c1. The van der Waals surface area contributed by atoms with Crippen LogP contribution in [0.4, 0.5) is 0 Å². The standard InChI is InChI=1S/C16H15BrClNS/c17-14-6-5-12(18)9-11(14)10-19-15-7-8-20-16-4-2-1-3-13(15)16/h1-6,9,15,19H,7-8,10H2. The molecule has 3 rings (SSSR count). The van der Waals surface area contributed by atoms with Crippen molar-refractivity contribution < 1.29 is 0 Å². The second-order valence-corrected chi connectivity index (χ2v) is 7.27. The Morgan fingerprint density at radius 3 is 3.00 bits per heavy atom. The quantitative estimate of drug-likeness (QED) is 0.775. The van der Waals surface area contributed by atoms with E-state index in [0.29, 0.717) is 6.04 Å². The summed E-state index contributed by atoms with van der Waals surface area (Å²) in [6, 6.07) is 15.0. The van der Waals surface area contributed by atoms with E-state index in [1.165, 1.54) is 28.2 Å². The zero-order chi connectivity index (χ0) is 13.9. The molecule has 2 aromatic rings. The number of hydrogen-bond donors (Lipinski definition) is 1. The molecule has 1 aliphatic rings. The second kappa shape index (κ2) is 6.52. The highest BCUT2D eigenvalue weighted by molar-refractivity contribution is 9.10. The average Bonchev–Trinajstić information content (AvgIpc) is 2.48. The molecule has 0 fully saturated rings. The summed E-state index contributed by atoms with van der Waals surface area (Å²) >= 11 is 11.6. The van der Waals surface area contributed by atoms with Crippen molar-refractivity contribution in [2.75, 3.05) is 5.75 Å². The zero-order valence-electron chi connectivity index (χ0n) is 10.9. The molecule has 1 aliphatic heterocycles. The number of hydrogen-bond acceptors (Lipinski definition) is 2. The fraction of sp³-hybridized carbons (Fsp3) is 0.250. The van der Waals surface area contributed by atoms with Crippen LogP contribution >= 0.6 is 39.3 Å². The van der Waals surface area contributed by atoms with Gasteiger partial charge in [-0.15, -0.1) is 11.8 Å². The van der Waals surface area contributed by atoms with Crippen LogP contribution in [0.15, 0.2) is 51.8 Å². The Morgan fingerprint density at radius 2 is 2.10 bits per heavy atom. The lowest BCUT2D eigenvalue weighted by Gasteiger charge is -2.26. The first kappa shape index (κ1) is 14.5. The smallest absolute Gasteiger partial charge is 0.0410 e. The Kier molecular flexibility index (Phi) is 4.72. The average molecular weight is 369 g/mol. The van der Waals surface area contributed by atoms with Gasteiger partial charge in [-0.1, -0.05) is 45.7 Å². The molecule has 104 valence electrons. The molecule has 0 saturated carbocycles. The molecule has 4 heteroatoms. The van der Waals surface area contributed by atoms with Crippen molar-refractivity contribution in [2.45, 2.75) is 23.9 Å². The van der Waals surface area contributed by atoms with Crippen LogP contribution in [0, 0.1) is 0 Å². The van der Waals surface area contributed by atoms with Crippen LogP contribution in [0.5, 0.6) is 0 Å². The van der Waals surface area contributed by atoms with E-state index in [2.05, 4.69) is 45.5 Å². The molecule has 2 aromatic carbocycles. The summed E-state index contributed by atoms with van der Waals surface area (Å²) in [6.45, 7) is 0.824. The molecule has 0 spiro atoms. The molecule has 1 nitrogen and oxygen atoms in total. The van der Waals surface area contributed by atoms with Crippen molar-refractivity contribution in [3.05, 3.63) is 63.1 Å². The third kappa shape index (κ3) is 3.22. The van der Waals surface area contributed by atoms with Crippen molar-refractivity contribution >= 4 is 39.3 Å². The molecule has 0 amide bonds. The van der Waals surface area contributed by atoms with Gasteiger partial charge in [0, 0.05) is 27.0 Å². The Bertz CT molecular complexity index is 617. The molecule has 0 bridgehead atoms. The third-order valence-corrected chi connectivity index (χ3v) is 5.64.